The summed E-state index contributed by atoms with van der Waals surface area (Å²) in [6.07, 6.45) is 4.96. The first-order chi connectivity index (χ1) is 11.3. The summed E-state index contributed by atoms with van der Waals surface area (Å²) in [7, 11) is 0. The average molecular weight is 306 g/mol. The smallest absolute Gasteiger partial charge is 0.227 e. The van der Waals surface area contributed by atoms with Gasteiger partial charge in [0.05, 0.1) is 6.54 Å². The molecule has 5 rings (SSSR count). The standard InChI is InChI=1S/C17H18N6/c1-2-13(5-12-8-18-7-11(1)12)21-16-3-4-19-17(22-16)23-10-14-6-15(23)9-20-14/h1-5,8,14-15,20H,6-7,9-10H2,(H,19,21,22). The van der Waals surface area contributed by atoms with E-state index in [1.807, 2.05) is 18.5 Å². The summed E-state index contributed by atoms with van der Waals surface area (Å²) in [5.41, 5.74) is 3.50. The summed E-state index contributed by atoms with van der Waals surface area (Å²) in [6, 6.07) is 9.37. The molecular formula is C17H18N6. The highest BCUT2D eigenvalue weighted by atomic mass is 15.3. The van der Waals surface area contributed by atoms with Gasteiger partial charge >= 0.3 is 0 Å². The summed E-state index contributed by atoms with van der Waals surface area (Å²) in [5.74, 6) is 1.66. The number of nitrogens with zero attached hydrogens (tertiary/aromatic N) is 4. The minimum Gasteiger partial charge on any atom is -0.340 e. The molecule has 6 heteroatoms. The van der Waals surface area contributed by atoms with Crippen molar-refractivity contribution >= 4 is 23.7 Å². The molecule has 1 aromatic heterocycles. The molecule has 2 N–H and O–H groups in total. The SMILES string of the molecule is C1=NCc2ccc(Nc3ccnc(N4CC5CC4CN5)n3)cc21. The van der Waals surface area contributed by atoms with Gasteiger partial charge in [0.15, 0.2) is 0 Å². The first-order valence-corrected chi connectivity index (χ1v) is 8.08. The summed E-state index contributed by atoms with van der Waals surface area (Å²) < 4.78 is 0. The van der Waals surface area contributed by atoms with Crippen LogP contribution in [0.5, 0.6) is 0 Å². The van der Waals surface area contributed by atoms with E-state index in [-0.39, 0.29) is 0 Å². The molecule has 2 bridgehead atoms. The Balaban J connectivity index is 1.39. The molecule has 6 nitrogen and oxygen atoms in total. The van der Waals surface area contributed by atoms with Gasteiger partial charge in [-0.2, -0.15) is 4.98 Å². The minimum atomic E-state index is 0.534. The van der Waals surface area contributed by atoms with E-state index in [9.17, 15) is 0 Å². The monoisotopic (exact) mass is 306 g/mol. The van der Waals surface area contributed by atoms with Crippen molar-refractivity contribution in [3.05, 3.63) is 41.6 Å². The van der Waals surface area contributed by atoms with Crippen LogP contribution in [0.1, 0.15) is 17.5 Å². The number of piperazine rings is 1. The van der Waals surface area contributed by atoms with E-state index in [4.69, 9.17) is 4.98 Å². The van der Waals surface area contributed by atoms with Crippen LogP contribution in [0.4, 0.5) is 17.5 Å². The number of aromatic nitrogens is 2. The van der Waals surface area contributed by atoms with Crippen molar-refractivity contribution < 1.29 is 0 Å². The van der Waals surface area contributed by atoms with Crippen LogP contribution in [-0.4, -0.2) is 41.4 Å². The molecular weight excluding hydrogens is 288 g/mol. The Morgan fingerprint density at radius 1 is 1.26 bits per heavy atom. The molecule has 0 amide bonds. The minimum absolute atomic E-state index is 0.534. The molecule has 116 valence electrons. The molecule has 3 aliphatic rings. The number of hydrogen-bond donors (Lipinski definition) is 2. The van der Waals surface area contributed by atoms with Crippen molar-refractivity contribution in [2.45, 2.75) is 25.0 Å². The number of anilines is 3. The molecule has 2 fully saturated rings. The van der Waals surface area contributed by atoms with Crippen LogP contribution in [0.2, 0.25) is 0 Å². The van der Waals surface area contributed by atoms with Crippen molar-refractivity contribution in [1.82, 2.24) is 15.3 Å². The van der Waals surface area contributed by atoms with Crippen molar-refractivity contribution in [1.29, 1.82) is 0 Å². The van der Waals surface area contributed by atoms with E-state index >= 15 is 0 Å². The molecule has 2 aromatic rings. The van der Waals surface area contributed by atoms with Crippen LogP contribution in [0.25, 0.3) is 0 Å². The second-order valence-corrected chi connectivity index (χ2v) is 6.40. The van der Waals surface area contributed by atoms with Gasteiger partial charge in [0.25, 0.3) is 0 Å². The normalized spacial score (nSPS) is 24.3. The Kier molecular flexibility index (Phi) is 2.84. The predicted octanol–water partition coefficient (Wildman–Crippen LogP) is 1.70. The lowest BCUT2D eigenvalue weighted by molar-refractivity contribution is 0.572. The van der Waals surface area contributed by atoms with Gasteiger partial charge in [0.1, 0.15) is 5.82 Å². The Labute approximate surface area is 134 Å². The topological polar surface area (TPSA) is 65.4 Å². The quantitative estimate of drug-likeness (QED) is 0.903. The summed E-state index contributed by atoms with van der Waals surface area (Å²) in [6.45, 7) is 2.83. The van der Waals surface area contributed by atoms with Crippen LogP contribution in [-0.2, 0) is 6.54 Å². The van der Waals surface area contributed by atoms with E-state index in [0.29, 0.717) is 12.1 Å². The fourth-order valence-corrected chi connectivity index (χ4v) is 3.69. The lowest BCUT2D eigenvalue weighted by Crippen LogP contribution is -2.44. The molecule has 0 aliphatic carbocycles. The van der Waals surface area contributed by atoms with Gasteiger partial charge in [-0.15, -0.1) is 0 Å². The van der Waals surface area contributed by atoms with E-state index in [2.05, 4.69) is 43.7 Å². The van der Waals surface area contributed by atoms with Crippen LogP contribution < -0.4 is 15.5 Å². The van der Waals surface area contributed by atoms with Crippen LogP contribution in [0, 0.1) is 0 Å². The first-order valence-electron chi connectivity index (χ1n) is 8.08. The van der Waals surface area contributed by atoms with E-state index in [1.165, 1.54) is 17.5 Å². The summed E-state index contributed by atoms with van der Waals surface area (Å²) in [4.78, 5) is 15.8. The van der Waals surface area contributed by atoms with E-state index < -0.39 is 0 Å². The highest BCUT2D eigenvalue weighted by Gasteiger charge is 2.38. The molecule has 3 aliphatic heterocycles. The first kappa shape index (κ1) is 13.0. The van der Waals surface area contributed by atoms with Crippen molar-refractivity contribution in [2.75, 3.05) is 23.3 Å². The lowest BCUT2D eigenvalue weighted by Gasteiger charge is -2.27. The Hall–Kier alpha value is -2.47. The van der Waals surface area contributed by atoms with Crippen molar-refractivity contribution in [3.8, 4) is 0 Å². The van der Waals surface area contributed by atoms with E-state index in [0.717, 1.165) is 37.1 Å². The molecule has 2 saturated heterocycles. The number of benzene rings is 1. The van der Waals surface area contributed by atoms with Gasteiger partial charge in [-0.3, -0.25) is 4.99 Å². The maximum atomic E-state index is 4.70. The van der Waals surface area contributed by atoms with Gasteiger partial charge < -0.3 is 15.5 Å². The predicted molar refractivity (Wildman–Crippen MR) is 90.6 cm³/mol. The Bertz CT molecular complexity index is 786. The molecule has 2 atom stereocenters. The highest BCUT2D eigenvalue weighted by molar-refractivity contribution is 5.86. The summed E-state index contributed by atoms with van der Waals surface area (Å²) >= 11 is 0. The third-order valence-electron chi connectivity index (χ3n) is 4.87. The molecule has 4 heterocycles. The zero-order valence-corrected chi connectivity index (χ0v) is 12.7. The number of rotatable bonds is 3. The number of fused-ring (bicyclic) bond motifs is 3. The largest absolute Gasteiger partial charge is 0.340 e. The van der Waals surface area contributed by atoms with Crippen LogP contribution >= 0.6 is 0 Å². The van der Waals surface area contributed by atoms with Gasteiger partial charge in [0, 0.05) is 43.3 Å². The molecule has 0 radical (unpaired) electrons. The maximum Gasteiger partial charge on any atom is 0.227 e. The zero-order valence-electron chi connectivity index (χ0n) is 12.7. The third kappa shape index (κ3) is 2.26. The number of nitrogens with one attached hydrogen (secondary N) is 2. The third-order valence-corrected chi connectivity index (χ3v) is 4.87. The lowest BCUT2D eigenvalue weighted by atomic mass is 10.1. The van der Waals surface area contributed by atoms with Crippen LogP contribution in [0.15, 0.2) is 35.5 Å². The second-order valence-electron chi connectivity index (χ2n) is 6.40. The molecule has 23 heavy (non-hydrogen) atoms. The van der Waals surface area contributed by atoms with E-state index in [1.54, 1.807) is 0 Å². The van der Waals surface area contributed by atoms with Crippen molar-refractivity contribution in [2.24, 2.45) is 4.99 Å². The average Bonchev–Trinajstić information content (AvgIpc) is 3.31. The second kappa shape index (κ2) is 5.03. The maximum absolute atomic E-state index is 4.70. The summed E-state index contributed by atoms with van der Waals surface area (Å²) in [5, 5.41) is 6.90. The van der Waals surface area contributed by atoms with Crippen molar-refractivity contribution in [3.63, 3.8) is 0 Å². The highest BCUT2D eigenvalue weighted by Crippen LogP contribution is 2.28. The zero-order chi connectivity index (χ0) is 15.2. The Morgan fingerprint density at radius 3 is 3.13 bits per heavy atom. The fraction of sp³-hybridized carbons (Fsp3) is 0.353. The van der Waals surface area contributed by atoms with Crippen LogP contribution in [0.3, 0.4) is 0 Å². The van der Waals surface area contributed by atoms with Gasteiger partial charge in [-0.1, -0.05) is 6.07 Å². The van der Waals surface area contributed by atoms with Gasteiger partial charge in [-0.25, -0.2) is 4.98 Å². The number of aliphatic imine (C=N–C) groups is 1. The molecule has 0 saturated carbocycles. The molecule has 2 unspecified atom stereocenters. The molecule has 0 spiro atoms. The molecule has 1 aromatic carbocycles. The number of hydrogen-bond acceptors (Lipinski definition) is 6. The van der Waals surface area contributed by atoms with Gasteiger partial charge in [0.2, 0.25) is 5.95 Å². The fourth-order valence-electron chi connectivity index (χ4n) is 3.69. The Morgan fingerprint density at radius 2 is 2.26 bits per heavy atom. The van der Waals surface area contributed by atoms with Gasteiger partial charge in [-0.05, 0) is 35.7 Å².